The highest BCUT2D eigenvalue weighted by Crippen LogP contribution is 2.31. The first-order valence-corrected chi connectivity index (χ1v) is 10.2. The van der Waals surface area contributed by atoms with Gasteiger partial charge in [0.15, 0.2) is 0 Å². The number of amides is 3. The van der Waals surface area contributed by atoms with Gasteiger partial charge >= 0.3 is 0 Å². The number of carbonyl (C=O) groups excluding carboxylic acids is 3. The van der Waals surface area contributed by atoms with Crippen LogP contribution in [0.1, 0.15) is 36.1 Å². The van der Waals surface area contributed by atoms with Crippen LogP contribution in [0.2, 0.25) is 0 Å². The van der Waals surface area contributed by atoms with E-state index in [9.17, 15) is 18.8 Å². The van der Waals surface area contributed by atoms with Crippen LogP contribution in [0, 0.1) is 12.7 Å². The summed E-state index contributed by atoms with van der Waals surface area (Å²) in [6.45, 7) is 1.84. The molecule has 0 fully saturated rings. The van der Waals surface area contributed by atoms with Crippen molar-refractivity contribution in [2.24, 2.45) is 0 Å². The minimum atomic E-state index is -0.395. The maximum atomic E-state index is 13.3. The molecule has 5 rings (SSSR count). The summed E-state index contributed by atoms with van der Waals surface area (Å²) < 4.78 is 14.9. The molecular formula is C22H15FN4O3S. The van der Waals surface area contributed by atoms with Crippen LogP contribution >= 0.6 is 11.3 Å². The average Bonchev–Trinajstić information content (AvgIpc) is 3.39. The molecule has 4 aromatic rings. The number of hydrogen-bond acceptors (Lipinski definition) is 5. The maximum absolute atomic E-state index is 13.3. The first-order chi connectivity index (χ1) is 14.8. The molecule has 0 unspecified atom stereocenters. The fourth-order valence-electron chi connectivity index (χ4n) is 3.55. The highest BCUT2D eigenvalue weighted by atomic mass is 32.1. The van der Waals surface area contributed by atoms with Gasteiger partial charge in [0.25, 0.3) is 17.7 Å². The van der Waals surface area contributed by atoms with E-state index >= 15 is 0 Å². The number of carbonyl (C=O) groups is 3. The smallest absolute Gasteiger partial charge is 0.265 e. The van der Waals surface area contributed by atoms with Gasteiger partial charge in [0.1, 0.15) is 10.6 Å². The van der Waals surface area contributed by atoms with Crippen molar-refractivity contribution < 1.29 is 18.8 Å². The molecule has 2 aromatic carbocycles. The Morgan fingerprint density at radius 2 is 1.74 bits per heavy atom. The lowest BCUT2D eigenvalue weighted by atomic mass is 10.1. The lowest BCUT2D eigenvalue weighted by molar-refractivity contribution is 0.0692. The molecule has 0 atom stereocenters. The molecule has 7 nitrogen and oxygen atoms in total. The quantitative estimate of drug-likeness (QED) is 0.494. The highest BCUT2D eigenvalue weighted by molar-refractivity contribution is 7.20. The molecule has 3 heterocycles. The third kappa shape index (κ3) is 3.01. The molecule has 0 saturated carbocycles. The summed E-state index contributed by atoms with van der Waals surface area (Å²) in [7, 11) is 1.42. The summed E-state index contributed by atoms with van der Waals surface area (Å²) in [5, 5.41) is 8.11. The molecule has 0 bridgehead atoms. The van der Waals surface area contributed by atoms with Gasteiger partial charge in [0, 0.05) is 18.1 Å². The Kier molecular flexibility index (Phi) is 4.23. The van der Waals surface area contributed by atoms with Crippen molar-refractivity contribution in [1.29, 1.82) is 0 Å². The van der Waals surface area contributed by atoms with Crippen LogP contribution in [-0.4, -0.2) is 39.4 Å². The van der Waals surface area contributed by atoms with Crippen LogP contribution < -0.4 is 5.32 Å². The number of thiophene rings is 1. The predicted molar refractivity (Wildman–Crippen MR) is 114 cm³/mol. The Hall–Kier alpha value is -3.85. The highest BCUT2D eigenvalue weighted by Gasteiger charge is 2.32. The molecule has 0 aliphatic carbocycles. The van der Waals surface area contributed by atoms with Gasteiger partial charge in [-0.2, -0.15) is 5.10 Å². The second-order valence-electron chi connectivity index (χ2n) is 7.19. The van der Waals surface area contributed by atoms with E-state index in [4.69, 9.17) is 0 Å². The van der Waals surface area contributed by atoms with Crippen molar-refractivity contribution in [3.05, 3.63) is 76.0 Å². The van der Waals surface area contributed by atoms with Crippen molar-refractivity contribution in [3.8, 4) is 5.69 Å². The number of fused-ring (bicyclic) bond motifs is 2. The molecule has 1 N–H and O–H groups in total. The lowest BCUT2D eigenvalue weighted by Crippen LogP contribution is -2.24. The molecule has 0 spiro atoms. The second kappa shape index (κ2) is 6.85. The Bertz CT molecular complexity index is 1400. The SMILES string of the molecule is Cc1nn(-c2ccc(F)cc2)c2sc(C(=O)Nc3ccc4c(c3)C(=O)N(C)C4=O)cc12. The fraction of sp³-hybridized carbons (Fsp3) is 0.0909. The Labute approximate surface area is 179 Å². The summed E-state index contributed by atoms with van der Waals surface area (Å²) in [5.74, 6) is -1.43. The largest absolute Gasteiger partial charge is 0.321 e. The molecule has 154 valence electrons. The van der Waals surface area contributed by atoms with Gasteiger partial charge in [0.05, 0.1) is 27.4 Å². The number of nitrogens with zero attached hydrogens (tertiary/aromatic N) is 3. The summed E-state index contributed by atoms with van der Waals surface area (Å²) in [6, 6.07) is 12.4. The van der Waals surface area contributed by atoms with Crippen molar-refractivity contribution in [1.82, 2.24) is 14.7 Å². The van der Waals surface area contributed by atoms with Gasteiger partial charge in [-0.15, -0.1) is 11.3 Å². The molecule has 0 saturated heterocycles. The number of rotatable bonds is 3. The molecule has 1 aliphatic heterocycles. The lowest BCUT2D eigenvalue weighted by Gasteiger charge is -2.05. The van der Waals surface area contributed by atoms with Gasteiger partial charge in [0.2, 0.25) is 0 Å². The first-order valence-electron chi connectivity index (χ1n) is 9.36. The van der Waals surface area contributed by atoms with Crippen LogP contribution in [0.3, 0.4) is 0 Å². The van der Waals surface area contributed by atoms with Crippen molar-refractivity contribution in [2.75, 3.05) is 12.4 Å². The van der Waals surface area contributed by atoms with Crippen molar-refractivity contribution in [2.45, 2.75) is 6.92 Å². The van der Waals surface area contributed by atoms with E-state index in [-0.39, 0.29) is 23.2 Å². The zero-order chi connectivity index (χ0) is 21.9. The number of anilines is 1. The van der Waals surface area contributed by atoms with E-state index in [0.717, 1.165) is 20.8 Å². The molecule has 3 amide bonds. The number of halogens is 1. The van der Waals surface area contributed by atoms with E-state index in [1.807, 2.05) is 6.92 Å². The van der Waals surface area contributed by atoms with Gasteiger partial charge in [-0.1, -0.05) is 0 Å². The molecular weight excluding hydrogens is 419 g/mol. The van der Waals surface area contributed by atoms with Crippen LogP contribution in [0.4, 0.5) is 10.1 Å². The molecule has 2 aromatic heterocycles. The minimum Gasteiger partial charge on any atom is -0.321 e. The Morgan fingerprint density at radius 3 is 2.48 bits per heavy atom. The average molecular weight is 434 g/mol. The molecule has 1 aliphatic rings. The van der Waals surface area contributed by atoms with E-state index in [0.29, 0.717) is 21.8 Å². The monoisotopic (exact) mass is 434 g/mol. The summed E-state index contributed by atoms with van der Waals surface area (Å²) in [5.41, 5.74) is 2.46. The molecule has 31 heavy (non-hydrogen) atoms. The predicted octanol–water partition coefficient (Wildman–Crippen LogP) is 4.01. The summed E-state index contributed by atoms with van der Waals surface area (Å²) >= 11 is 1.26. The second-order valence-corrected chi connectivity index (χ2v) is 8.22. The van der Waals surface area contributed by atoms with Crippen LogP contribution in [-0.2, 0) is 0 Å². The van der Waals surface area contributed by atoms with Gasteiger partial charge in [-0.05, 0) is 55.5 Å². The maximum Gasteiger partial charge on any atom is 0.265 e. The summed E-state index contributed by atoms with van der Waals surface area (Å²) in [4.78, 5) is 39.3. The summed E-state index contributed by atoms with van der Waals surface area (Å²) in [6.07, 6.45) is 0. The topological polar surface area (TPSA) is 84.3 Å². The number of hydrogen-bond donors (Lipinski definition) is 1. The van der Waals surface area contributed by atoms with Crippen LogP contribution in [0.15, 0.2) is 48.5 Å². The van der Waals surface area contributed by atoms with Gasteiger partial charge in [-0.3, -0.25) is 19.3 Å². The Balaban J connectivity index is 1.46. The fourth-order valence-corrected chi connectivity index (χ4v) is 4.63. The third-order valence-electron chi connectivity index (χ3n) is 5.19. The van der Waals surface area contributed by atoms with Crippen molar-refractivity contribution >= 4 is 45.0 Å². The van der Waals surface area contributed by atoms with E-state index < -0.39 is 5.91 Å². The Morgan fingerprint density at radius 1 is 1.03 bits per heavy atom. The normalized spacial score (nSPS) is 13.2. The van der Waals surface area contributed by atoms with Crippen LogP contribution in [0.25, 0.3) is 15.9 Å². The van der Waals surface area contributed by atoms with Crippen molar-refractivity contribution in [3.63, 3.8) is 0 Å². The molecule has 0 radical (unpaired) electrons. The minimum absolute atomic E-state index is 0.268. The van der Waals surface area contributed by atoms with Crippen LogP contribution in [0.5, 0.6) is 0 Å². The van der Waals surface area contributed by atoms with E-state index in [1.54, 1.807) is 28.9 Å². The third-order valence-corrected chi connectivity index (χ3v) is 6.30. The standard InChI is InChI=1S/C22H15FN4O3S/c1-11-16-10-18(31-22(16)27(25-11)14-6-3-12(23)4-7-14)19(28)24-13-5-8-15-17(9-13)21(30)26(2)20(15)29/h3-10H,1-2H3,(H,24,28). The zero-order valence-electron chi connectivity index (χ0n) is 16.5. The molecule has 9 heteroatoms. The van der Waals surface area contributed by atoms with E-state index in [2.05, 4.69) is 10.4 Å². The van der Waals surface area contributed by atoms with E-state index in [1.165, 1.54) is 42.6 Å². The van der Waals surface area contributed by atoms with Gasteiger partial charge < -0.3 is 5.32 Å². The zero-order valence-corrected chi connectivity index (χ0v) is 17.3. The number of aryl methyl sites for hydroxylation is 1. The number of imide groups is 1. The van der Waals surface area contributed by atoms with Gasteiger partial charge in [-0.25, -0.2) is 9.07 Å². The number of nitrogens with one attached hydrogen (secondary N) is 1. The first kappa shape index (κ1) is 19.1. The number of benzene rings is 2. The number of aromatic nitrogens is 2.